The molecule has 5 aliphatic heterocycles. The van der Waals surface area contributed by atoms with Crippen molar-refractivity contribution >= 4 is 121 Å². The molecule has 10 heterocycles. The summed E-state index contributed by atoms with van der Waals surface area (Å²) in [4.78, 5) is 12.0. The highest BCUT2D eigenvalue weighted by Gasteiger charge is 2.42. The van der Waals surface area contributed by atoms with Crippen molar-refractivity contribution in [1.29, 1.82) is 0 Å². The van der Waals surface area contributed by atoms with Crippen molar-refractivity contribution in [3.8, 4) is 0 Å². The lowest BCUT2D eigenvalue weighted by Crippen LogP contribution is -2.62. The Kier molecular flexibility index (Phi) is 26.5. The van der Waals surface area contributed by atoms with Gasteiger partial charge in [0.05, 0.1) is 0 Å². The summed E-state index contributed by atoms with van der Waals surface area (Å²) in [7, 11) is 21.8. The second-order valence-corrected chi connectivity index (χ2v) is 35.1. The molecule has 0 unspecified atom stereocenters. The molecule has 0 amide bonds. The molecule has 5 aromatic carbocycles. The molecule has 2 fully saturated rings. The summed E-state index contributed by atoms with van der Waals surface area (Å²) in [6, 6.07) is 66.5. The monoisotopic (exact) mass is 1520 g/mol. The normalized spacial score (nSPS) is 15.8. The number of benzene rings is 5. The number of para-hydroxylation sites is 5. The lowest BCUT2D eigenvalue weighted by Gasteiger charge is -2.31. The van der Waals surface area contributed by atoms with Gasteiger partial charge in [-0.2, -0.15) is 0 Å². The average Bonchev–Trinajstić information content (AvgIpc) is 1.59. The fraction of sp³-hybridized carbons (Fsp3) is 0.350. The molecule has 115 heavy (non-hydrogen) atoms. The van der Waals surface area contributed by atoms with Gasteiger partial charge in [-0.1, -0.05) is 221 Å². The lowest BCUT2D eigenvalue weighted by atomic mass is 9.49. The molecule has 0 spiro atoms. The number of aromatic nitrogens is 5. The van der Waals surface area contributed by atoms with E-state index in [0.717, 1.165) is 18.3 Å². The Balaban J connectivity index is 0.000000126. The van der Waals surface area contributed by atoms with Crippen molar-refractivity contribution in [3.63, 3.8) is 0 Å². The van der Waals surface area contributed by atoms with E-state index in [1.54, 1.807) is 0 Å². The maximum Gasteiger partial charge on any atom is 0.399 e. The standard InChI is InChI=1S/C23H30BN2.C21H26BN2.C20H26BN2.C19H24BN2.C17H20BN2/c1-18-15-21-11-7-8-12-22(21)26(3)24(18)23-17-20(13-14-25(23)2)16-19-9-5-4-6-10-19;1-16-14-19-10-6-7-11-20(19)24(3)22(16)21-15-18(12-13-23(21)2)17-8-4-5-9-17;1-15(2)12-17-10-11-22(4)20(14-17)21-16(3)13-18-8-6-7-9-19(18)23(21)5;1-14(2)16-10-11-21(4)19(13-16)20-15(3)12-17-8-6-7-9-18(17)22(20)5;1-13-9-10-17(19(3)12-13)18-14(2)11-15-7-5-6-8-16(15)20(18)4/h7-8,11-15,17,19H,4-6,9-10,16H2,1-3H3;6-7,10-15,17H,4-5,8-9H2,1-3H3;6-11,13-15H,12H2,1-5H3;6-14H,1-5H3;5-12H,1-4H3/q5*+1. The minimum Gasteiger partial charge on any atom is -0.404 e. The molecule has 0 bridgehead atoms. The predicted octanol–water partition coefficient (Wildman–Crippen LogP) is 15.4. The van der Waals surface area contributed by atoms with Crippen LogP contribution in [-0.2, 0) is 48.1 Å². The van der Waals surface area contributed by atoms with Gasteiger partial charge in [0.25, 0.3) is 0 Å². The summed E-state index contributed by atoms with van der Waals surface area (Å²) in [6.45, 7) is 23.9. The number of hydrogen-bond acceptors (Lipinski definition) is 5. The Labute approximate surface area is 693 Å². The molecule has 0 radical (unpaired) electrons. The summed E-state index contributed by atoms with van der Waals surface area (Å²) in [5.41, 5.74) is 34.0. The fourth-order valence-electron chi connectivity index (χ4n) is 19.6. The molecule has 2 aliphatic carbocycles. The molecule has 5 aromatic heterocycles. The number of aryl methyl sites for hydroxylation is 6. The van der Waals surface area contributed by atoms with Crippen molar-refractivity contribution in [1.82, 2.24) is 0 Å². The molecule has 17 rings (SSSR count). The van der Waals surface area contributed by atoms with Gasteiger partial charge >= 0.3 is 34.2 Å². The molecular weight excluding hydrogens is 1400 g/mol. The van der Waals surface area contributed by atoms with Crippen LogP contribution in [0.4, 0.5) is 28.4 Å². The van der Waals surface area contributed by atoms with E-state index in [1.165, 1.54) is 204 Å². The minimum atomic E-state index is 0.290. The Bertz CT molecular complexity index is 5300. The molecule has 7 aliphatic rings. The highest BCUT2D eigenvalue weighted by Crippen LogP contribution is 2.37. The van der Waals surface area contributed by atoms with Gasteiger partial charge in [0.15, 0.2) is 59.0 Å². The van der Waals surface area contributed by atoms with Gasteiger partial charge in [-0.25, -0.2) is 22.8 Å². The van der Waals surface area contributed by atoms with Crippen molar-refractivity contribution in [2.24, 2.45) is 47.1 Å². The van der Waals surface area contributed by atoms with E-state index in [9.17, 15) is 0 Å². The maximum absolute atomic E-state index is 2.46. The molecule has 2 saturated carbocycles. The Morgan fingerprint density at radius 2 is 0.670 bits per heavy atom. The van der Waals surface area contributed by atoms with Crippen molar-refractivity contribution in [2.75, 3.05) is 59.3 Å². The fourth-order valence-corrected chi connectivity index (χ4v) is 19.6. The molecule has 0 N–H and O–H groups in total. The third kappa shape index (κ3) is 18.6. The van der Waals surface area contributed by atoms with E-state index in [1.807, 2.05) is 0 Å². The number of hydrogen-bond donors (Lipinski definition) is 0. The first-order chi connectivity index (χ1) is 55.3. The SMILES string of the molecule is CC1=Cc2ccccc2N(C)B1c1cc(C(C)C)cc[n+]1C.CC1=Cc2ccccc2N(C)B1c1cc(C2CCCC2)cc[n+]1C.CC1=Cc2ccccc2N(C)B1c1cc(CC(C)C)cc[n+]1C.CC1=Cc2ccccc2N(C)B1c1cc(CC2CCCCC2)cc[n+]1C.CC1=Cc2ccccc2N(C)B1c1ccc(C)c[n+]1C. The zero-order valence-corrected chi connectivity index (χ0v) is 73.0. The Hall–Kier alpha value is -10.1. The third-order valence-electron chi connectivity index (χ3n) is 25.6. The van der Waals surface area contributed by atoms with E-state index in [2.05, 4.69) is 430 Å². The van der Waals surface area contributed by atoms with Gasteiger partial charge in [0.1, 0.15) is 35.2 Å². The van der Waals surface area contributed by atoms with E-state index < -0.39 is 0 Å². The smallest absolute Gasteiger partial charge is 0.399 e. The molecule has 15 heteroatoms. The van der Waals surface area contributed by atoms with Gasteiger partial charge < -0.3 is 24.1 Å². The van der Waals surface area contributed by atoms with E-state index in [4.69, 9.17) is 0 Å². The van der Waals surface area contributed by atoms with Crippen LogP contribution < -0.4 is 74.9 Å². The first-order valence-electron chi connectivity index (χ1n) is 42.7. The molecule has 0 atom stereocenters. The quantitative estimate of drug-likeness (QED) is 0.0953. The van der Waals surface area contributed by atoms with Crippen LogP contribution in [0.3, 0.4) is 0 Å². The molecule has 10 nitrogen and oxygen atoms in total. The first kappa shape index (κ1) is 82.8. The van der Waals surface area contributed by atoms with Crippen LogP contribution in [0.5, 0.6) is 0 Å². The maximum atomic E-state index is 2.46. The lowest BCUT2D eigenvalue weighted by molar-refractivity contribution is -0.654. The zero-order valence-electron chi connectivity index (χ0n) is 73.0. The number of allylic oxidation sites excluding steroid dienone is 5. The summed E-state index contributed by atoms with van der Waals surface area (Å²) in [5, 5.41) is 0. The van der Waals surface area contributed by atoms with Gasteiger partial charge in [-0.15, -0.1) is 0 Å². The van der Waals surface area contributed by atoms with E-state index >= 15 is 0 Å². The van der Waals surface area contributed by atoms with Gasteiger partial charge in [-0.05, 0) is 219 Å². The van der Waals surface area contributed by atoms with Gasteiger partial charge in [0, 0.05) is 82.5 Å². The largest absolute Gasteiger partial charge is 0.404 e. The number of pyridine rings is 5. The second-order valence-electron chi connectivity index (χ2n) is 35.1. The summed E-state index contributed by atoms with van der Waals surface area (Å²) >= 11 is 0. The van der Waals surface area contributed by atoms with Crippen LogP contribution >= 0.6 is 0 Å². The topological polar surface area (TPSA) is 35.6 Å². The van der Waals surface area contributed by atoms with E-state index in [-0.39, 0.29) is 0 Å². The summed E-state index contributed by atoms with van der Waals surface area (Å²) in [5.74, 6) is 2.86. The Morgan fingerprint density at radius 1 is 0.339 bits per heavy atom. The second kappa shape index (κ2) is 36.8. The Morgan fingerprint density at radius 3 is 1.05 bits per heavy atom. The van der Waals surface area contributed by atoms with Crippen LogP contribution in [-0.4, -0.2) is 69.5 Å². The average molecular weight is 1520 g/mol. The number of fused-ring (bicyclic) bond motifs is 5. The van der Waals surface area contributed by atoms with Crippen LogP contribution in [0.1, 0.15) is 188 Å². The number of anilines is 5. The van der Waals surface area contributed by atoms with Crippen LogP contribution in [0.15, 0.2) is 240 Å². The molecule has 10 aromatic rings. The zero-order chi connectivity index (χ0) is 81.5. The first-order valence-corrected chi connectivity index (χ1v) is 42.7. The van der Waals surface area contributed by atoms with Gasteiger partial charge in [-0.3, -0.25) is 0 Å². The van der Waals surface area contributed by atoms with Crippen LogP contribution in [0.2, 0.25) is 0 Å². The van der Waals surface area contributed by atoms with Crippen LogP contribution in [0, 0.1) is 18.8 Å². The predicted molar refractivity (Wildman–Crippen MR) is 496 cm³/mol. The van der Waals surface area contributed by atoms with Crippen molar-refractivity contribution in [3.05, 3.63) is 296 Å². The van der Waals surface area contributed by atoms with Crippen molar-refractivity contribution < 1.29 is 22.8 Å². The highest BCUT2D eigenvalue weighted by atomic mass is 15.1. The number of rotatable bonds is 11. The summed E-state index contributed by atoms with van der Waals surface area (Å²) in [6.07, 6.45) is 37.7. The molecule has 586 valence electrons. The van der Waals surface area contributed by atoms with Crippen LogP contribution in [0.25, 0.3) is 30.4 Å². The number of nitrogens with zero attached hydrogens (tertiary/aromatic N) is 10. The minimum absolute atomic E-state index is 0.290. The van der Waals surface area contributed by atoms with Gasteiger partial charge in [0.2, 0.25) is 0 Å². The molecule has 0 saturated heterocycles. The van der Waals surface area contributed by atoms with Crippen molar-refractivity contribution in [2.45, 2.75) is 152 Å². The third-order valence-corrected chi connectivity index (χ3v) is 25.6. The summed E-state index contributed by atoms with van der Waals surface area (Å²) < 4.78 is 11.3. The molecular formula is C100H126B5N10+5. The van der Waals surface area contributed by atoms with E-state index in [0.29, 0.717) is 46.1 Å². The highest BCUT2D eigenvalue weighted by molar-refractivity contribution is 6.85.